The van der Waals surface area contributed by atoms with Crippen molar-refractivity contribution in [2.24, 2.45) is 0 Å². The van der Waals surface area contributed by atoms with Crippen LogP contribution >= 0.6 is 0 Å². The molecule has 0 bridgehead atoms. The van der Waals surface area contributed by atoms with Gasteiger partial charge in [-0.05, 0) is 18.4 Å². The van der Waals surface area contributed by atoms with Gasteiger partial charge in [0, 0.05) is 7.11 Å². The third-order valence-corrected chi connectivity index (χ3v) is 1.15. The molecule has 0 aliphatic carbocycles. The summed E-state index contributed by atoms with van der Waals surface area (Å²) in [5.74, 6) is 0. The molecule has 0 atom stereocenters. The average molecular weight is 158 g/mol. The quantitative estimate of drug-likeness (QED) is 0.624. The predicted octanol–water partition coefficient (Wildman–Crippen LogP) is 1.91. The molecule has 5 heteroatoms. The van der Waals surface area contributed by atoms with E-state index in [2.05, 4.69) is 9.68 Å². The van der Waals surface area contributed by atoms with Gasteiger partial charge in [-0.3, -0.25) is 0 Å². The molecule has 0 aromatic rings. The zero-order chi connectivity index (χ0) is 8.41. The molecule has 0 aliphatic heterocycles. The van der Waals surface area contributed by atoms with Gasteiger partial charge in [0.05, 0.1) is 0 Å². The predicted molar refractivity (Wildman–Crippen MR) is 28.2 cm³/mol. The number of rotatable bonds is 3. The van der Waals surface area contributed by atoms with Gasteiger partial charge in [-0.25, -0.2) is 0 Å². The van der Waals surface area contributed by atoms with Crippen LogP contribution in [0.1, 0.15) is 13.8 Å². The summed E-state index contributed by atoms with van der Waals surface area (Å²) >= 11 is 0. The van der Waals surface area contributed by atoms with Crippen LogP contribution in [-0.2, 0) is 9.68 Å². The van der Waals surface area contributed by atoms with Crippen LogP contribution in [-0.4, -0.2) is 18.8 Å². The molecule has 0 aromatic carbocycles. The molecule has 0 N–H and O–H groups in total. The molecule has 0 radical (unpaired) electrons. The van der Waals surface area contributed by atoms with Crippen LogP contribution in [0.3, 0.4) is 0 Å². The minimum Gasteiger partial charge on any atom is -0.321 e. The molecule has 0 saturated heterocycles. The molecule has 0 heterocycles. The fourth-order valence-electron chi connectivity index (χ4n) is 0.291. The maximum absolute atomic E-state index is 12.3. The summed E-state index contributed by atoms with van der Waals surface area (Å²) in [6.45, 7) is 1.77. The highest BCUT2D eigenvalue weighted by Gasteiger charge is 2.50. The lowest BCUT2D eigenvalue weighted by molar-refractivity contribution is -0.373. The lowest BCUT2D eigenvalue weighted by Crippen LogP contribution is -2.44. The molecule has 0 rings (SSSR count). The molecule has 0 amide bonds. The fourth-order valence-corrected chi connectivity index (χ4v) is 0.291. The van der Waals surface area contributed by atoms with Crippen molar-refractivity contribution in [3.8, 4) is 0 Å². The Morgan fingerprint density at radius 1 is 1.20 bits per heavy atom. The minimum atomic E-state index is -3.61. The standard InChI is InChI=1S/C5H9F3O2/c1-4(2,10-8)5(6,7)9-3/h1-3H3. The molecule has 0 aliphatic rings. The fraction of sp³-hybridized carbons (Fsp3) is 1.00. The molecule has 0 saturated carbocycles. The van der Waals surface area contributed by atoms with Crippen molar-refractivity contribution in [1.82, 2.24) is 0 Å². The number of hydrogen-bond donors (Lipinski definition) is 0. The third kappa shape index (κ3) is 1.60. The Labute approximate surface area is 56.8 Å². The first kappa shape index (κ1) is 9.71. The Bertz CT molecular complexity index is 99.5. The zero-order valence-electron chi connectivity index (χ0n) is 5.95. The van der Waals surface area contributed by atoms with Gasteiger partial charge in [-0.15, -0.1) is 0 Å². The summed E-state index contributed by atoms with van der Waals surface area (Å²) in [4.78, 5) is 3.02. The van der Waals surface area contributed by atoms with E-state index >= 15 is 0 Å². The number of ether oxygens (including phenoxy) is 1. The maximum Gasteiger partial charge on any atom is 0.387 e. The first-order valence-electron chi connectivity index (χ1n) is 2.60. The van der Waals surface area contributed by atoms with Gasteiger partial charge in [-0.2, -0.15) is 13.7 Å². The summed E-state index contributed by atoms with van der Waals surface area (Å²) in [6.07, 6.45) is -3.61. The summed E-state index contributed by atoms with van der Waals surface area (Å²) in [7, 11) is 0.779. The lowest BCUT2D eigenvalue weighted by Gasteiger charge is -2.27. The molecule has 2 nitrogen and oxygen atoms in total. The van der Waals surface area contributed by atoms with E-state index in [1.54, 1.807) is 0 Å². The van der Waals surface area contributed by atoms with Crippen LogP contribution in [0.5, 0.6) is 0 Å². The molecule has 0 fully saturated rings. The van der Waals surface area contributed by atoms with Gasteiger partial charge in [0.1, 0.15) is 0 Å². The Morgan fingerprint density at radius 2 is 1.60 bits per heavy atom. The molecular weight excluding hydrogens is 149 g/mol. The van der Waals surface area contributed by atoms with E-state index in [9.17, 15) is 13.3 Å². The summed E-state index contributed by atoms with van der Waals surface area (Å²) in [5, 5.41) is 0. The molecule has 0 spiro atoms. The molecule has 0 aromatic heterocycles. The second-order valence-corrected chi connectivity index (χ2v) is 2.31. The van der Waals surface area contributed by atoms with Crippen molar-refractivity contribution >= 4 is 0 Å². The van der Waals surface area contributed by atoms with E-state index in [1.165, 1.54) is 0 Å². The average Bonchev–Trinajstić information content (AvgIpc) is 1.88. The van der Waals surface area contributed by atoms with Crippen LogP contribution in [0.25, 0.3) is 0 Å². The van der Waals surface area contributed by atoms with Gasteiger partial charge in [0.25, 0.3) is 0 Å². The zero-order valence-corrected chi connectivity index (χ0v) is 5.95. The van der Waals surface area contributed by atoms with E-state index in [0.717, 1.165) is 21.0 Å². The lowest BCUT2D eigenvalue weighted by atomic mass is 10.1. The highest BCUT2D eigenvalue weighted by atomic mass is 19.3. The monoisotopic (exact) mass is 158 g/mol. The van der Waals surface area contributed by atoms with E-state index in [4.69, 9.17) is 0 Å². The van der Waals surface area contributed by atoms with E-state index < -0.39 is 11.7 Å². The minimum absolute atomic E-state index is 0.779. The van der Waals surface area contributed by atoms with Crippen LogP contribution in [0.15, 0.2) is 0 Å². The normalized spacial score (nSPS) is 13.8. The van der Waals surface area contributed by atoms with Gasteiger partial charge in [0.2, 0.25) is 0 Å². The van der Waals surface area contributed by atoms with Crippen molar-refractivity contribution in [3.63, 3.8) is 0 Å². The van der Waals surface area contributed by atoms with Crippen molar-refractivity contribution in [2.45, 2.75) is 25.6 Å². The summed E-state index contributed by atoms with van der Waals surface area (Å²) < 4.78 is 39.8. The van der Waals surface area contributed by atoms with Crippen LogP contribution in [0.2, 0.25) is 0 Å². The highest BCUT2D eigenvalue weighted by molar-refractivity contribution is 4.77. The van der Waals surface area contributed by atoms with Crippen molar-refractivity contribution in [2.75, 3.05) is 7.11 Å². The number of halogens is 3. The number of methoxy groups -OCH3 is 1. The first-order chi connectivity index (χ1) is 4.37. The van der Waals surface area contributed by atoms with Crippen molar-refractivity contribution < 1.29 is 23.0 Å². The second-order valence-electron chi connectivity index (χ2n) is 2.31. The second kappa shape index (κ2) is 2.75. The van der Waals surface area contributed by atoms with E-state index in [1.807, 2.05) is 0 Å². The van der Waals surface area contributed by atoms with Crippen LogP contribution in [0.4, 0.5) is 13.3 Å². The number of hydrogen-bond acceptors (Lipinski definition) is 2. The highest BCUT2D eigenvalue weighted by Crippen LogP contribution is 2.31. The third-order valence-electron chi connectivity index (χ3n) is 1.15. The molecule has 10 heavy (non-hydrogen) atoms. The van der Waals surface area contributed by atoms with Crippen molar-refractivity contribution in [3.05, 3.63) is 0 Å². The number of alkyl halides is 2. The van der Waals surface area contributed by atoms with Crippen molar-refractivity contribution in [1.29, 1.82) is 0 Å². The smallest absolute Gasteiger partial charge is 0.321 e. The summed E-state index contributed by atoms with van der Waals surface area (Å²) in [6, 6.07) is 0. The summed E-state index contributed by atoms with van der Waals surface area (Å²) in [5.41, 5.74) is -2.23. The topological polar surface area (TPSA) is 18.5 Å². The Kier molecular flexibility index (Phi) is 2.67. The van der Waals surface area contributed by atoms with E-state index in [-0.39, 0.29) is 0 Å². The van der Waals surface area contributed by atoms with Gasteiger partial charge in [-0.1, -0.05) is 0 Å². The molecule has 62 valence electrons. The van der Waals surface area contributed by atoms with Gasteiger partial charge >= 0.3 is 6.11 Å². The Hall–Kier alpha value is -0.290. The largest absolute Gasteiger partial charge is 0.387 e. The SMILES string of the molecule is COC(F)(F)C(C)(C)OF. The maximum atomic E-state index is 12.3. The van der Waals surface area contributed by atoms with Crippen LogP contribution < -0.4 is 0 Å². The first-order valence-corrected chi connectivity index (χ1v) is 2.60. The van der Waals surface area contributed by atoms with E-state index in [0.29, 0.717) is 0 Å². The van der Waals surface area contributed by atoms with Gasteiger partial charge in [0.15, 0.2) is 5.60 Å². The Balaban J connectivity index is 4.28. The molecule has 0 unspecified atom stereocenters. The Morgan fingerprint density at radius 3 is 1.70 bits per heavy atom. The van der Waals surface area contributed by atoms with Gasteiger partial charge < -0.3 is 4.74 Å². The van der Waals surface area contributed by atoms with Crippen LogP contribution in [0, 0.1) is 0 Å². The molecular formula is C5H9F3O2.